The third-order valence-electron chi connectivity index (χ3n) is 7.93. The predicted octanol–water partition coefficient (Wildman–Crippen LogP) is 6.72. The van der Waals surface area contributed by atoms with Crippen LogP contribution in [0.15, 0.2) is 103 Å². The highest BCUT2D eigenvalue weighted by molar-refractivity contribution is 5.78. The Morgan fingerprint density at radius 2 is 1.92 bits per heavy atom. The van der Waals surface area contributed by atoms with E-state index in [-0.39, 0.29) is 17.4 Å². The highest BCUT2D eigenvalue weighted by Gasteiger charge is 2.45. The van der Waals surface area contributed by atoms with Gasteiger partial charge in [-0.1, -0.05) is 72.9 Å². The van der Waals surface area contributed by atoms with Gasteiger partial charge in [0.25, 0.3) is 0 Å². The summed E-state index contributed by atoms with van der Waals surface area (Å²) >= 11 is 0. The maximum Gasteiger partial charge on any atom is 0.144 e. The maximum absolute atomic E-state index is 9.52. The van der Waals surface area contributed by atoms with Crippen molar-refractivity contribution in [2.24, 2.45) is 0 Å². The minimum atomic E-state index is -0.175. The van der Waals surface area contributed by atoms with Gasteiger partial charge in [0.1, 0.15) is 11.8 Å². The van der Waals surface area contributed by atoms with Crippen LogP contribution in [0.2, 0.25) is 0 Å². The molecule has 0 amide bonds. The third-order valence-corrected chi connectivity index (χ3v) is 7.93. The number of hydrogen-bond acceptors (Lipinski definition) is 4. The summed E-state index contributed by atoms with van der Waals surface area (Å²) in [6, 6.07) is 23.3. The molecule has 0 bridgehead atoms. The fraction of sp³-hybridized carbons (Fsp3) is 0.182. The second-order valence-corrected chi connectivity index (χ2v) is 10.0. The Morgan fingerprint density at radius 3 is 2.73 bits per heavy atom. The fourth-order valence-corrected chi connectivity index (χ4v) is 6.01. The number of nitriles is 2. The Bertz CT molecular complexity index is 1590. The number of aromatic nitrogens is 1. The van der Waals surface area contributed by atoms with Crippen LogP contribution in [0.3, 0.4) is 0 Å². The Balaban J connectivity index is 1.33. The Morgan fingerprint density at radius 1 is 1.03 bits per heavy atom. The summed E-state index contributed by atoms with van der Waals surface area (Å²) in [7, 11) is 0. The number of hydrogen-bond donors (Lipinski definition) is 0. The highest BCUT2D eigenvalue weighted by atomic mass is 15.2. The van der Waals surface area contributed by atoms with Crippen LogP contribution in [0.5, 0.6) is 0 Å². The SMILES string of the molecule is CC12C=CC=CC1N(Cc1ccccc1C1=CCC(c3cccnc3C#N)C=C1)c1ccc(C#N)cc12. The molecule has 6 rings (SSSR count). The average molecular weight is 479 g/mol. The number of nitrogens with zero attached hydrogens (tertiary/aromatic N) is 4. The first-order valence-electron chi connectivity index (χ1n) is 12.6. The summed E-state index contributed by atoms with van der Waals surface area (Å²) in [5.74, 6) is 0.152. The normalized spacial score (nSPS) is 23.1. The molecular weight excluding hydrogens is 452 g/mol. The number of rotatable bonds is 4. The van der Waals surface area contributed by atoms with Gasteiger partial charge in [0.15, 0.2) is 0 Å². The first-order chi connectivity index (χ1) is 18.1. The molecule has 2 aliphatic carbocycles. The van der Waals surface area contributed by atoms with Gasteiger partial charge >= 0.3 is 0 Å². The van der Waals surface area contributed by atoms with Crippen LogP contribution in [-0.4, -0.2) is 11.0 Å². The van der Waals surface area contributed by atoms with Crippen molar-refractivity contribution in [1.29, 1.82) is 10.5 Å². The zero-order valence-corrected chi connectivity index (χ0v) is 20.7. The van der Waals surface area contributed by atoms with Gasteiger partial charge in [0.2, 0.25) is 0 Å². The van der Waals surface area contributed by atoms with E-state index in [2.05, 4.69) is 108 Å². The first-order valence-corrected chi connectivity index (χ1v) is 12.6. The lowest BCUT2D eigenvalue weighted by molar-refractivity contribution is 0.522. The number of pyridine rings is 1. The van der Waals surface area contributed by atoms with E-state index in [1.807, 2.05) is 18.2 Å². The molecule has 3 atom stereocenters. The smallest absolute Gasteiger partial charge is 0.144 e. The van der Waals surface area contributed by atoms with Crippen molar-refractivity contribution in [3.63, 3.8) is 0 Å². The monoisotopic (exact) mass is 478 g/mol. The van der Waals surface area contributed by atoms with E-state index in [0.717, 1.165) is 18.5 Å². The quantitative estimate of drug-likeness (QED) is 0.417. The molecule has 37 heavy (non-hydrogen) atoms. The first kappa shape index (κ1) is 22.8. The topological polar surface area (TPSA) is 63.7 Å². The van der Waals surface area contributed by atoms with Crippen molar-refractivity contribution in [3.8, 4) is 12.1 Å². The predicted molar refractivity (Wildman–Crippen MR) is 147 cm³/mol. The molecule has 0 fully saturated rings. The van der Waals surface area contributed by atoms with Crippen molar-refractivity contribution in [2.45, 2.75) is 37.3 Å². The molecule has 1 aliphatic heterocycles. The summed E-state index contributed by atoms with van der Waals surface area (Å²) in [4.78, 5) is 6.71. The van der Waals surface area contributed by atoms with Crippen molar-refractivity contribution < 1.29 is 0 Å². The van der Waals surface area contributed by atoms with E-state index in [9.17, 15) is 10.5 Å². The van der Waals surface area contributed by atoms with Gasteiger partial charge in [-0.2, -0.15) is 10.5 Å². The molecule has 4 nitrogen and oxygen atoms in total. The third kappa shape index (κ3) is 3.79. The standard InChI is InChI=1S/C33H26N4/c1-33-17-5-4-10-32(33)37(31-16-11-23(20-34)19-29(31)33)22-26-7-2-3-8-27(26)24-12-14-25(15-13-24)28-9-6-18-36-30(28)21-35/h2-14,16-19,25,32H,15,22H2,1H3. The Kier molecular flexibility index (Phi) is 5.59. The molecule has 2 heterocycles. The Labute approximate surface area is 217 Å². The summed E-state index contributed by atoms with van der Waals surface area (Å²) in [5, 5.41) is 19.0. The highest BCUT2D eigenvalue weighted by Crippen LogP contribution is 2.49. The molecule has 3 unspecified atom stereocenters. The van der Waals surface area contributed by atoms with Gasteiger partial charge in [-0.25, -0.2) is 4.98 Å². The minimum Gasteiger partial charge on any atom is -0.359 e. The molecule has 3 aromatic rings. The van der Waals surface area contributed by atoms with Gasteiger partial charge in [0.05, 0.1) is 17.7 Å². The van der Waals surface area contributed by atoms with Crippen LogP contribution in [0.25, 0.3) is 5.57 Å². The van der Waals surface area contributed by atoms with E-state index in [0.29, 0.717) is 11.3 Å². The summed E-state index contributed by atoms with van der Waals surface area (Å²) in [6.45, 7) is 3.04. The van der Waals surface area contributed by atoms with Crippen LogP contribution < -0.4 is 4.90 Å². The lowest BCUT2D eigenvalue weighted by Gasteiger charge is -2.35. The average Bonchev–Trinajstić information content (AvgIpc) is 3.20. The summed E-state index contributed by atoms with van der Waals surface area (Å²) in [6.07, 6.45) is 18.0. The molecule has 0 spiro atoms. The van der Waals surface area contributed by atoms with E-state index in [1.165, 1.54) is 28.0 Å². The second kappa shape index (κ2) is 9.08. The van der Waals surface area contributed by atoms with Gasteiger partial charge in [-0.3, -0.25) is 0 Å². The fourth-order valence-electron chi connectivity index (χ4n) is 6.01. The Hall–Kier alpha value is -4.67. The molecule has 0 saturated carbocycles. The molecule has 0 N–H and O–H groups in total. The van der Waals surface area contributed by atoms with Crippen molar-refractivity contribution in [1.82, 2.24) is 4.98 Å². The van der Waals surface area contributed by atoms with Gasteiger partial charge < -0.3 is 4.90 Å². The number of allylic oxidation sites excluding steroid dienone is 6. The summed E-state index contributed by atoms with van der Waals surface area (Å²) < 4.78 is 0. The van der Waals surface area contributed by atoms with Crippen molar-refractivity contribution >= 4 is 11.3 Å². The van der Waals surface area contributed by atoms with Gasteiger partial charge in [0, 0.05) is 29.8 Å². The molecule has 0 radical (unpaired) electrons. The van der Waals surface area contributed by atoms with Crippen molar-refractivity contribution in [2.75, 3.05) is 4.90 Å². The molecule has 2 aromatic carbocycles. The molecule has 3 aliphatic rings. The van der Waals surface area contributed by atoms with E-state index >= 15 is 0 Å². The zero-order valence-electron chi connectivity index (χ0n) is 20.7. The maximum atomic E-state index is 9.52. The molecule has 4 heteroatoms. The lowest BCUT2D eigenvalue weighted by atomic mass is 9.76. The van der Waals surface area contributed by atoms with Crippen LogP contribution in [-0.2, 0) is 12.0 Å². The number of fused-ring (bicyclic) bond motifs is 3. The molecule has 0 saturated heterocycles. The van der Waals surface area contributed by atoms with Gasteiger partial charge in [-0.15, -0.1) is 0 Å². The van der Waals surface area contributed by atoms with Crippen LogP contribution in [0.1, 0.15) is 52.8 Å². The second-order valence-electron chi connectivity index (χ2n) is 10.0. The molecule has 178 valence electrons. The number of benzene rings is 2. The minimum absolute atomic E-state index is 0.152. The lowest BCUT2D eigenvalue weighted by Crippen LogP contribution is -2.41. The summed E-state index contributed by atoms with van der Waals surface area (Å²) in [5.41, 5.74) is 8.09. The van der Waals surface area contributed by atoms with Crippen molar-refractivity contribution in [3.05, 3.63) is 137 Å². The number of anilines is 1. The molecule has 1 aromatic heterocycles. The van der Waals surface area contributed by atoms with Crippen LogP contribution >= 0.6 is 0 Å². The van der Waals surface area contributed by atoms with Gasteiger partial charge in [-0.05, 0) is 65.4 Å². The van der Waals surface area contributed by atoms with E-state index in [1.54, 1.807) is 6.20 Å². The molecular formula is C33H26N4. The largest absolute Gasteiger partial charge is 0.359 e. The van der Waals surface area contributed by atoms with Crippen LogP contribution in [0, 0.1) is 22.7 Å². The van der Waals surface area contributed by atoms with Crippen LogP contribution in [0.4, 0.5) is 5.69 Å². The van der Waals surface area contributed by atoms with E-state index < -0.39 is 0 Å². The van der Waals surface area contributed by atoms with E-state index in [4.69, 9.17) is 0 Å². The zero-order chi connectivity index (χ0) is 25.4.